The molecule has 1 fully saturated rings. The van der Waals surface area contributed by atoms with Gasteiger partial charge in [0.05, 0.1) is 5.54 Å². The van der Waals surface area contributed by atoms with Crippen LogP contribution in [0.3, 0.4) is 0 Å². The maximum Gasteiger partial charge on any atom is 0.0520 e. The van der Waals surface area contributed by atoms with Gasteiger partial charge in [0.25, 0.3) is 0 Å². The second kappa shape index (κ2) is 3.86. The molecule has 1 aromatic rings. The molecule has 1 aliphatic carbocycles. The molecule has 2 rings (SSSR count). The molecule has 82 valence electrons. The quantitative estimate of drug-likeness (QED) is 0.815. The lowest BCUT2D eigenvalue weighted by Crippen LogP contribution is -2.51. The predicted octanol–water partition coefficient (Wildman–Crippen LogP) is 2.25. The first-order chi connectivity index (χ1) is 7.18. The van der Waals surface area contributed by atoms with E-state index in [0.717, 1.165) is 12.5 Å². The lowest BCUT2D eigenvalue weighted by atomic mass is 9.93. The van der Waals surface area contributed by atoms with Gasteiger partial charge in [0, 0.05) is 19.3 Å². The smallest absolute Gasteiger partial charge is 0.0520 e. The van der Waals surface area contributed by atoms with Crippen LogP contribution in [0.1, 0.15) is 19.8 Å². The molecule has 0 aromatic heterocycles. The molecule has 0 heterocycles. The highest BCUT2D eigenvalue weighted by molar-refractivity contribution is 5.48. The standard InChI is InChI=1S/C13H20N2/c1-13(10-14,11-8-9-11)15(2)12-6-4-3-5-7-12/h3-7,11H,8-10,14H2,1-2H3. The first-order valence-electron chi connectivity index (χ1n) is 5.67. The monoisotopic (exact) mass is 204 g/mol. The molecule has 0 bridgehead atoms. The van der Waals surface area contributed by atoms with Crippen LogP contribution < -0.4 is 10.6 Å². The largest absolute Gasteiger partial charge is 0.368 e. The second-order valence-corrected chi connectivity index (χ2v) is 4.73. The first-order valence-corrected chi connectivity index (χ1v) is 5.67. The predicted molar refractivity (Wildman–Crippen MR) is 65.0 cm³/mol. The maximum absolute atomic E-state index is 5.94. The number of nitrogens with zero attached hydrogens (tertiary/aromatic N) is 1. The molecular weight excluding hydrogens is 184 g/mol. The summed E-state index contributed by atoms with van der Waals surface area (Å²) < 4.78 is 0. The molecule has 1 saturated carbocycles. The topological polar surface area (TPSA) is 29.3 Å². The molecule has 2 N–H and O–H groups in total. The van der Waals surface area contributed by atoms with E-state index in [1.807, 2.05) is 6.07 Å². The Bertz CT molecular complexity index is 319. The van der Waals surface area contributed by atoms with Crippen LogP contribution in [-0.4, -0.2) is 19.1 Å². The van der Waals surface area contributed by atoms with Crippen LogP contribution >= 0.6 is 0 Å². The normalized spacial score (nSPS) is 19.7. The van der Waals surface area contributed by atoms with E-state index in [2.05, 4.69) is 43.1 Å². The van der Waals surface area contributed by atoms with Gasteiger partial charge in [-0.3, -0.25) is 0 Å². The van der Waals surface area contributed by atoms with Crippen molar-refractivity contribution in [3.05, 3.63) is 30.3 Å². The zero-order valence-electron chi connectivity index (χ0n) is 9.61. The number of likely N-dealkylation sites (N-methyl/N-ethyl adjacent to an activating group) is 1. The summed E-state index contributed by atoms with van der Waals surface area (Å²) in [7, 11) is 2.15. The van der Waals surface area contributed by atoms with Crippen LogP contribution in [0.25, 0.3) is 0 Å². The van der Waals surface area contributed by atoms with Crippen molar-refractivity contribution in [1.82, 2.24) is 0 Å². The number of anilines is 1. The zero-order valence-corrected chi connectivity index (χ0v) is 9.61. The summed E-state index contributed by atoms with van der Waals surface area (Å²) in [6.07, 6.45) is 2.65. The fraction of sp³-hybridized carbons (Fsp3) is 0.538. The van der Waals surface area contributed by atoms with Gasteiger partial charge in [-0.1, -0.05) is 18.2 Å². The summed E-state index contributed by atoms with van der Waals surface area (Å²) >= 11 is 0. The maximum atomic E-state index is 5.94. The Morgan fingerprint density at radius 2 is 1.93 bits per heavy atom. The van der Waals surface area contributed by atoms with Crippen LogP contribution in [0.5, 0.6) is 0 Å². The van der Waals surface area contributed by atoms with Gasteiger partial charge >= 0.3 is 0 Å². The van der Waals surface area contributed by atoms with Gasteiger partial charge in [-0.05, 0) is 37.8 Å². The molecule has 1 aliphatic rings. The van der Waals surface area contributed by atoms with E-state index >= 15 is 0 Å². The molecule has 1 atom stereocenters. The molecular formula is C13H20N2. The van der Waals surface area contributed by atoms with Crippen LogP contribution in [-0.2, 0) is 0 Å². The van der Waals surface area contributed by atoms with E-state index in [1.165, 1.54) is 18.5 Å². The van der Waals surface area contributed by atoms with Gasteiger partial charge < -0.3 is 10.6 Å². The van der Waals surface area contributed by atoms with Gasteiger partial charge in [0.1, 0.15) is 0 Å². The minimum Gasteiger partial charge on any atom is -0.368 e. The van der Waals surface area contributed by atoms with Crippen molar-refractivity contribution in [2.75, 3.05) is 18.5 Å². The third-order valence-corrected chi connectivity index (χ3v) is 3.78. The molecule has 2 heteroatoms. The average molecular weight is 204 g/mol. The minimum absolute atomic E-state index is 0.126. The summed E-state index contributed by atoms with van der Waals surface area (Å²) in [5.74, 6) is 0.771. The number of benzene rings is 1. The van der Waals surface area contributed by atoms with E-state index < -0.39 is 0 Å². The third kappa shape index (κ3) is 1.86. The molecule has 0 spiro atoms. The second-order valence-electron chi connectivity index (χ2n) is 4.73. The fourth-order valence-electron chi connectivity index (χ4n) is 2.23. The van der Waals surface area contributed by atoms with Gasteiger partial charge in [-0.15, -0.1) is 0 Å². The van der Waals surface area contributed by atoms with Crippen molar-refractivity contribution in [3.63, 3.8) is 0 Å². The zero-order chi connectivity index (χ0) is 10.9. The first kappa shape index (κ1) is 10.5. The minimum atomic E-state index is 0.126. The molecule has 15 heavy (non-hydrogen) atoms. The molecule has 1 unspecified atom stereocenters. The van der Waals surface area contributed by atoms with Crippen molar-refractivity contribution < 1.29 is 0 Å². The van der Waals surface area contributed by atoms with Gasteiger partial charge in [0.15, 0.2) is 0 Å². The Morgan fingerprint density at radius 3 is 2.40 bits per heavy atom. The number of nitrogens with two attached hydrogens (primary N) is 1. The highest BCUT2D eigenvalue weighted by Gasteiger charge is 2.43. The fourth-order valence-corrected chi connectivity index (χ4v) is 2.23. The summed E-state index contributed by atoms with van der Waals surface area (Å²) in [4.78, 5) is 2.34. The number of hydrogen-bond acceptors (Lipinski definition) is 2. The lowest BCUT2D eigenvalue weighted by Gasteiger charge is -2.40. The third-order valence-electron chi connectivity index (χ3n) is 3.78. The molecule has 0 saturated heterocycles. The molecule has 2 nitrogen and oxygen atoms in total. The van der Waals surface area contributed by atoms with Crippen molar-refractivity contribution in [2.24, 2.45) is 11.7 Å². The molecule has 1 aromatic carbocycles. The number of para-hydroxylation sites is 1. The van der Waals surface area contributed by atoms with E-state index in [4.69, 9.17) is 5.73 Å². The van der Waals surface area contributed by atoms with Crippen LogP contribution in [0, 0.1) is 5.92 Å². The molecule has 0 amide bonds. The van der Waals surface area contributed by atoms with Crippen molar-refractivity contribution in [3.8, 4) is 0 Å². The van der Waals surface area contributed by atoms with E-state index in [0.29, 0.717) is 0 Å². The highest BCUT2D eigenvalue weighted by atomic mass is 15.2. The summed E-state index contributed by atoms with van der Waals surface area (Å²) in [5.41, 5.74) is 7.33. The average Bonchev–Trinajstić information content (AvgIpc) is 3.12. The Morgan fingerprint density at radius 1 is 1.33 bits per heavy atom. The van der Waals surface area contributed by atoms with E-state index in [1.54, 1.807) is 0 Å². The summed E-state index contributed by atoms with van der Waals surface area (Å²) in [6.45, 7) is 3.00. The Kier molecular flexibility index (Phi) is 2.70. The Balaban J connectivity index is 2.22. The van der Waals surface area contributed by atoms with Gasteiger partial charge in [-0.2, -0.15) is 0 Å². The summed E-state index contributed by atoms with van der Waals surface area (Å²) in [6, 6.07) is 10.5. The molecule has 0 radical (unpaired) electrons. The van der Waals surface area contributed by atoms with Crippen LogP contribution in [0.4, 0.5) is 5.69 Å². The van der Waals surface area contributed by atoms with Crippen molar-refractivity contribution in [1.29, 1.82) is 0 Å². The highest BCUT2D eigenvalue weighted by Crippen LogP contribution is 2.43. The number of rotatable bonds is 4. The van der Waals surface area contributed by atoms with Crippen LogP contribution in [0.2, 0.25) is 0 Å². The summed E-state index contributed by atoms with van der Waals surface area (Å²) in [5, 5.41) is 0. The SMILES string of the molecule is CN(c1ccccc1)C(C)(CN)C1CC1. The van der Waals surface area contributed by atoms with Crippen molar-refractivity contribution in [2.45, 2.75) is 25.3 Å². The Labute approximate surface area is 92.1 Å². The van der Waals surface area contributed by atoms with Crippen LogP contribution in [0.15, 0.2) is 30.3 Å². The van der Waals surface area contributed by atoms with E-state index in [9.17, 15) is 0 Å². The van der Waals surface area contributed by atoms with Gasteiger partial charge in [0.2, 0.25) is 0 Å². The molecule has 0 aliphatic heterocycles. The Hall–Kier alpha value is -1.02. The van der Waals surface area contributed by atoms with Crippen molar-refractivity contribution >= 4 is 5.69 Å². The lowest BCUT2D eigenvalue weighted by molar-refractivity contribution is 0.397. The van der Waals surface area contributed by atoms with Gasteiger partial charge in [-0.25, -0.2) is 0 Å². The number of hydrogen-bond donors (Lipinski definition) is 1. The van der Waals surface area contributed by atoms with E-state index in [-0.39, 0.29) is 5.54 Å².